The van der Waals surface area contributed by atoms with E-state index in [0.717, 1.165) is 25.7 Å². The fourth-order valence-corrected chi connectivity index (χ4v) is 2.68. The Hall–Kier alpha value is -0.770. The number of carbonyl (C=O) groups excluding carboxylic acids is 2. The van der Waals surface area contributed by atoms with Crippen molar-refractivity contribution in [2.45, 2.75) is 51.6 Å². The molecule has 0 amide bonds. The molecule has 4 heteroatoms. The topological polar surface area (TPSA) is 43.4 Å². The first kappa shape index (κ1) is 15.3. The number of Topliss-reactive ketones (excluding diaryl/α,β-unsaturated/α-hetero) is 1. The van der Waals surface area contributed by atoms with Crippen molar-refractivity contribution < 1.29 is 14.3 Å². The molecular weight excluding hydrogens is 248 g/mol. The van der Waals surface area contributed by atoms with Gasteiger partial charge < -0.3 is 4.74 Å². The van der Waals surface area contributed by atoms with Gasteiger partial charge in [0.15, 0.2) is 0 Å². The monoisotopic (exact) mass is 270 g/mol. The highest BCUT2D eigenvalue weighted by molar-refractivity contribution is 7.81. The van der Waals surface area contributed by atoms with Crippen LogP contribution >= 0.6 is 12.6 Å². The summed E-state index contributed by atoms with van der Waals surface area (Å²) in [5.41, 5.74) is -0.145. The van der Waals surface area contributed by atoms with Crippen molar-refractivity contribution in [2.75, 3.05) is 5.75 Å². The molecular formula is C14H22O3S. The van der Waals surface area contributed by atoms with Gasteiger partial charge in [-0.1, -0.05) is 13.0 Å². The van der Waals surface area contributed by atoms with Crippen LogP contribution in [0.5, 0.6) is 0 Å². The molecule has 2 atom stereocenters. The molecule has 0 spiro atoms. The van der Waals surface area contributed by atoms with Crippen LogP contribution < -0.4 is 0 Å². The third-order valence-corrected chi connectivity index (χ3v) is 3.80. The maximum Gasteiger partial charge on any atom is 0.333 e. The number of esters is 1. The number of hydrogen-bond acceptors (Lipinski definition) is 4. The molecule has 1 aliphatic rings. The lowest BCUT2D eigenvalue weighted by atomic mass is 9.88. The SMILES string of the molecule is C=C(C)C(=O)OC1(C)CCCCC(C(=O)CS)C1. The Morgan fingerprint density at radius 3 is 2.67 bits per heavy atom. The summed E-state index contributed by atoms with van der Waals surface area (Å²) in [6, 6.07) is 0. The summed E-state index contributed by atoms with van der Waals surface area (Å²) in [7, 11) is 0. The van der Waals surface area contributed by atoms with Gasteiger partial charge in [0.25, 0.3) is 0 Å². The van der Waals surface area contributed by atoms with Gasteiger partial charge >= 0.3 is 5.97 Å². The van der Waals surface area contributed by atoms with Crippen LogP contribution in [0.4, 0.5) is 0 Å². The van der Waals surface area contributed by atoms with Crippen LogP contribution in [0.1, 0.15) is 46.0 Å². The van der Waals surface area contributed by atoms with Crippen LogP contribution in [0.3, 0.4) is 0 Å². The quantitative estimate of drug-likeness (QED) is 0.370. The Labute approximate surface area is 114 Å². The summed E-state index contributed by atoms with van der Waals surface area (Å²) in [5, 5.41) is 0. The third-order valence-electron chi connectivity index (χ3n) is 3.49. The van der Waals surface area contributed by atoms with Crippen LogP contribution in [0, 0.1) is 5.92 Å². The maximum atomic E-state index is 11.8. The Bertz CT molecular complexity index is 351. The van der Waals surface area contributed by atoms with Gasteiger partial charge in [0.2, 0.25) is 0 Å². The van der Waals surface area contributed by atoms with Gasteiger partial charge in [0.05, 0.1) is 0 Å². The molecule has 102 valence electrons. The molecule has 18 heavy (non-hydrogen) atoms. The molecule has 1 rings (SSSR count). The van der Waals surface area contributed by atoms with Crippen molar-refractivity contribution in [3.05, 3.63) is 12.2 Å². The van der Waals surface area contributed by atoms with Gasteiger partial charge in [0.1, 0.15) is 11.4 Å². The number of thiol groups is 1. The average molecular weight is 270 g/mol. The number of rotatable bonds is 4. The van der Waals surface area contributed by atoms with Crippen molar-refractivity contribution in [1.82, 2.24) is 0 Å². The van der Waals surface area contributed by atoms with E-state index in [2.05, 4.69) is 19.2 Å². The van der Waals surface area contributed by atoms with Crippen molar-refractivity contribution in [1.29, 1.82) is 0 Å². The Kier molecular flexibility index (Phi) is 5.45. The van der Waals surface area contributed by atoms with Crippen LogP contribution in [0.2, 0.25) is 0 Å². The number of carbonyl (C=O) groups is 2. The zero-order chi connectivity index (χ0) is 13.8. The van der Waals surface area contributed by atoms with Crippen molar-refractivity contribution in [3.8, 4) is 0 Å². The van der Waals surface area contributed by atoms with Crippen molar-refractivity contribution >= 4 is 24.4 Å². The van der Waals surface area contributed by atoms with Crippen LogP contribution in [-0.2, 0) is 14.3 Å². The van der Waals surface area contributed by atoms with Crippen LogP contribution in [0.25, 0.3) is 0 Å². The minimum absolute atomic E-state index is 0.0343. The first-order chi connectivity index (χ1) is 8.38. The largest absolute Gasteiger partial charge is 0.456 e. The van der Waals surface area contributed by atoms with E-state index < -0.39 is 5.60 Å². The van der Waals surface area contributed by atoms with E-state index >= 15 is 0 Å². The number of ketones is 1. The minimum Gasteiger partial charge on any atom is -0.456 e. The van der Waals surface area contributed by atoms with Crippen molar-refractivity contribution in [2.24, 2.45) is 5.92 Å². The summed E-state index contributed by atoms with van der Waals surface area (Å²) < 4.78 is 5.53. The Morgan fingerprint density at radius 1 is 1.44 bits per heavy atom. The summed E-state index contributed by atoms with van der Waals surface area (Å²) in [6.45, 7) is 7.14. The summed E-state index contributed by atoms with van der Waals surface area (Å²) in [5.74, 6) is 0.0112. The normalized spacial score (nSPS) is 28.3. The van der Waals surface area contributed by atoms with Gasteiger partial charge in [-0.3, -0.25) is 4.79 Å². The fraction of sp³-hybridized carbons (Fsp3) is 0.714. The van der Waals surface area contributed by atoms with E-state index in [9.17, 15) is 9.59 Å². The Morgan fingerprint density at radius 2 is 2.11 bits per heavy atom. The zero-order valence-electron chi connectivity index (χ0n) is 11.2. The lowest BCUT2D eigenvalue weighted by Crippen LogP contribution is -2.35. The Balaban J connectivity index is 2.75. The predicted molar refractivity (Wildman–Crippen MR) is 74.7 cm³/mol. The van der Waals surface area contributed by atoms with E-state index in [1.165, 1.54) is 0 Å². The minimum atomic E-state index is -0.546. The lowest BCUT2D eigenvalue weighted by Gasteiger charge is -2.30. The fourth-order valence-electron chi connectivity index (χ4n) is 2.42. The molecule has 0 aliphatic heterocycles. The standard InChI is InChI=1S/C14H22O3S/c1-10(2)13(16)17-14(3)7-5-4-6-11(8-14)12(15)9-18/h11,18H,1,4-9H2,2-3H3. The molecule has 0 radical (unpaired) electrons. The van der Waals surface area contributed by atoms with Crippen molar-refractivity contribution in [3.63, 3.8) is 0 Å². The molecule has 0 aromatic carbocycles. The van der Waals surface area contributed by atoms with Crippen LogP contribution in [0.15, 0.2) is 12.2 Å². The number of ether oxygens (including phenoxy) is 1. The molecule has 1 fully saturated rings. The number of hydrogen-bond donors (Lipinski definition) is 1. The molecule has 2 unspecified atom stereocenters. The van der Waals surface area contributed by atoms with E-state index in [1.807, 2.05) is 6.92 Å². The molecule has 0 aromatic heterocycles. The second-order valence-electron chi connectivity index (χ2n) is 5.39. The molecule has 0 saturated heterocycles. The van der Waals surface area contributed by atoms with E-state index in [4.69, 9.17) is 4.74 Å². The first-order valence-electron chi connectivity index (χ1n) is 6.40. The lowest BCUT2D eigenvalue weighted by molar-refractivity contribution is -0.156. The molecule has 1 saturated carbocycles. The second kappa shape index (κ2) is 6.41. The molecule has 3 nitrogen and oxygen atoms in total. The van der Waals surface area contributed by atoms with E-state index in [1.54, 1.807) is 6.92 Å². The van der Waals surface area contributed by atoms with E-state index in [-0.39, 0.29) is 23.4 Å². The highest BCUT2D eigenvalue weighted by atomic mass is 32.1. The van der Waals surface area contributed by atoms with Gasteiger partial charge in [-0.15, -0.1) is 0 Å². The zero-order valence-corrected chi connectivity index (χ0v) is 12.1. The van der Waals surface area contributed by atoms with E-state index in [0.29, 0.717) is 12.0 Å². The average Bonchev–Trinajstić information content (AvgIpc) is 2.50. The highest BCUT2D eigenvalue weighted by Gasteiger charge is 2.36. The van der Waals surface area contributed by atoms with Crippen LogP contribution in [-0.4, -0.2) is 23.1 Å². The van der Waals surface area contributed by atoms with Gasteiger partial charge in [0, 0.05) is 17.2 Å². The molecule has 0 heterocycles. The third kappa shape index (κ3) is 4.16. The summed E-state index contributed by atoms with van der Waals surface area (Å²) in [6.07, 6.45) is 4.27. The highest BCUT2D eigenvalue weighted by Crippen LogP contribution is 2.34. The summed E-state index contributed by atoms with van der Waals surface area (Å²) in [4.78, 5) is 23.4. The van der Waals surface area contributed by atoms with Gasteiger partial charge in [-0.25, -0.2) is 4.79 Å². The molecule has 0 aromatic rings. The predicted octanol–water partition coefficient (Wildman–Crippen LogP) is 2.94. The molecule has 0 N–H and O–H groups in total. The smallest absolute Gasteiger partial charge is 0.333 e. The maximum absolute atomic E-state index is 11.8. The van der Waals surface area contributed by atoms with Gasteiger partial charge in [-0.2, -0.15) is 12.6 Å². The van der Waals surface area contributed by atoms with Gasteiger partial charge in [-0.05, 0) is 39.5 Å². The molecule has 0 bridgehead atoms. The second-order valence-corrected chi connectivity index (χ2v) is 5.71. The molecule has 1 aliphatic carbocycles. The summed E-state index contributed by atoms with van der Waals surface area (Å²) >= 11 is 4.05. The first-order valence-corrected chi connectivity index (χ1v) is 7.03.